The number of benzene rings is 1. The number of halogens is 1. The van der Waals surface area contributed by atoms with Crippen molar-refractivity contribution in [3.63, 3.8) is 0 Å². The van der Waals surface area contributed by atoms with E-state index in [0.29, 0.717) is 5.88 Å². The lowest BCUT2D eigenvalue weighted by atomic mass is 10.1. The fourth-order valence-electron chi connectivity index (χ4n) is 1.27. The van der Waals surface area contributed by atoms with Gasteiger partial charge < -0.3 is 5.32 Å². The van der Waals surface area contributed by atoms with Crippen molar-refractivity contribution >= 4 is 17.3 Å². The Morgan fingerprint density at radius 2 is 2.14 bits per heavy atom. The van der Waals surface area contributed by atoms with Crippen molar-refractivity contribution in [3.8, 4) is 0 Å². The Morgan fingerprint density at radius 3 is 2.79 bits per heavy atom. The summed E-state index contributed by atoms with van der Waals surface area (Å²) < 4.78 is 0. The van der Waals surface area contributed by atoms with Crippen LogP contribution in [0.3, 0.4) is 0 Å². The van der Waals surface area contributed by atoms with Gasteiger partial charge in [0.1, 0.15) is 0 Å². The summed E-state index contributed by atoms with van der Waals surface area (Å²) in [5.74, 6) is 1.33. The third-order valence-electron chi connectivity index (χ3n) is 2.13. The molecule has 0 aliphatic heterocycles. The molecule has 78 valence electrons. The maximum absolute atomic E-state index is 5.76. The van der Waals surface area contributed by atoms with Gasteiger partial charge in [0, 0.05) is 18.1 Å². The Hall–Kier alpha value is -0.690. The summed E-state index contributed by atoms with van der Waals surface area (Å²) >= 11 is 5.76. The average molecular weight is 212 g/mol. The number of hydrogen-bond donors (Lipinski definition) is 1. The standard InChI is InChI=1S/C12H18ClN/c1-10(2)6-7-14-12-5-3-4-11(8-12)9-13/h3-5,8,10,14H,6-7,9H2,1-2H3. The molecular weight excluding hydrogens is 194 g/mol. The van der Waals surface area contributed by atoms with Crippen molar-refractivity contribution in [3.05, 3.63) is 29.8 Å². The minimum atomic E-state index is 0.583. The molecule has 0 fully saturated rings. The summed E-state index contributed by atoms with van der Waals surface area (Å²) in [5, 5.41) is 3.39. The lowest BCUT2D eigenvalue weighted by Gasteiger charge is -2.08. The summed E-state index contributed by atoms with van der Waals surface area (Å²) in [6.07, 6.45) is 1.20. The third-order valence-corrected chi connectivity index (χ3v) is 2.44. The van der Waals surface area contributed by atoms with Crippen LogP contribution >= 0.6 is 11.6 Å². The van der Waals surface area contributed by atoms with Gasteiger partial charge in [0.05, 0.1) is 0 Å². The normalized spacial score (nSPS) is 10.6. The number of rotatable bonds is 5. The van der Waals surface area contributed by atoms with Crippen molar-refractivity contribution in [1.82, 2.24) is 0 Å². The van der Waals surface area contributed by atoms with E-state index in [0.717, 1.165) is 12.5 Å². The maximum atomic E-state index is 5.76. The first kappa shape index (κ1) is 11.4. The molecule has 0 aromatic heterocycles. The topological polar surface area (TPSA) is 12.0 Å². The van der Waals surface area contributed by atoms with E-state index in [1.807, 2.05) is 12.1 Å². The van der Waals surface area contributed by atoms with Gasteiger partial charge in [0.25, 0.3) is 0 Å². The van der Waals surface area contributed by atoms with E-state index in [4.69, 9.17) is 11.6 Å². The highest BCUT2D eigenvalue weighted by Crippen LogP contribution is 2.12. The van der Waals surface area contributed by atoms with Crippen LogP contribution in [-0.4, -0.2) is 6.54 Å². The van der Waals surface area contributed by atoms with E-state index in [-0.39, 0.29) is 0 Å². The molecule has 0 aliphatic carbocycles. The summed E-state index contributed by atoms with van der Waals surface area (Å²) in [4.78, 5) is 0. The number of nitrogens with one attached hydrogen (secondary N) is 1. The molecule has 0 heterocycles. The van der Waals surface area contributed by atoms with Crippen LogP contribution in [0.2, 0.25) is 0 Å². The first-order valence-electron chi connectivity index (χ1n) is 5.11. The maximum Gasteiger partial charge on any atom is 0.0474 e. The van der Waals surface area contributed by atoms with Gasteiger partial charge in [-0.2, -0.15) is 0 Å². The van der Waals surface area contributed by atoms with E-state index < -0.39 is 0 Å². The molecule has 1 aromatic rings. The predicted molar refractivity (Wildman–Crippen MR) is 63.9 cm³/mol. The van der Waals surface area contributed by atoms with Gasteiger partial charge in [0.2, 0.25) is 0 Å². The van der Waals surface area contributed by atoms with Crippen LogP contribution in [0.1, 0.15) is 25.8 Å². The Labute approximate surface area is 91.5 Å². The second-order valence-electron chi connectivity index (χ2n) is 3.94. The molecule has 0 saturated carbocycles. The summed E-state index contributed by atoms with van der Waals surface area (Å²) in [7, 11) is 0. The highest BCUT2D eigenvalue weighted by molar-refractivity contribution is 6.17. The monoisotopic (exact) mass is 211 g/mol. The van der Waals surface area contributed by atoms with Gasteiger partial charge in [-0.25, -0.2) is 0 Å². The summed E-state index contributed by atoms with van der Waals surface area (Å²) in [6.45, 7) is 5.50. The number of anilines is 1. The smallest absolute Gasteiger partial charge is 0.0474 e. The van der Waals surface area contributed by atoms with Crippen LogP contribution in [0.4, 0.5) is 5.69 Å². The van der Waals surface area contributed by atoms with Gasteiger partial charge in [-0.15, -0.1) is 11.6 Å². The van der Waals surface area contributed by atoms with Gasteiger partial charge in [-0.1, -0.05) is 26.0 Å². The van der Waals surface area contributed by atoms with Gasteiger partial charge in [-0.05, 0) is 30.0 Å². The molecule has 0 atom stereocenters. The molecule has 0 saturated heterocycles. The molecule has 0 unspecified atom stereocenters. The first-order chi connectivity index (χ1) is 6.72. The van der Waals surface area contributed by atoms with Crippen LogP contribution in [-0.2, 0) is 5.88 Å². The second kappa shape index (κ2) is 5.92. The Bertz CT molecular complexity index is 271. The fraction of sp³-hybridized carbons (Fsp3) is 0.500. The van der Waals surface area contributed by atoms with E-state index in [1.165, 1.54) is 17.7 Å². The average Bonchev–Trinajstić information content (AvgIpc) is 2.18. The first-order valence-corrected chi connectivity index (χ1v) is 5.64. The molecule has 1 rings (SSSR count). The molecule has 0 bridgehead atoms. The third kappa shape index (κ3) is 4.01. The van der Waals surface area contributed by atoms with Crippen molar-refractivity contribution in [2.45, 2.75) is 26.1 Å². The fourth-order valence-corrected chi connectivity index (χ4v) is 1.44. The molecular formula is C12H18ClN. The van der Waals surface area contributed by atoms with Crippen LogP contribution in [0.25, 0.3) is 0 Å². The predicted octanol–water partition coefficient (Wildman–Crippen LogP) is 3.88. The molecule has 1 nitrogen and oxygen atoms in total. The van der Waals surface area contributed by atoms with Gasteiger partial charge in [-0.3, -0.25) is 0 Å². The van der Waals surface area contributed by atoms with Gasteiger partial charge in [0.15, 0.2) is 0 Å². The zero-order valence-corrected chi connectivity index (χ0v) is 9.64. The molecule has 14 heavy (non-hydrogen) atoms. The SMILES string of the molecule is CC(C)CCNc1cccc(CCl)c1. The Kier molecular flexibility index (Phi) is 4.81. The highest BCUT2D eigenvalue weighted by atomic mass is 35.5. The quantitative estimate of drug-likeness (QED) is 0.729. The second-order valence-corrected chi connectivity index (χ2v) is 4.21. The largest absolute Gasteiger partial charge is 0.385 e. The Balaban J connectivity index is 2.42. The van der Waals surface area contributed by atoms with Crippen LogP contribution < -0.4 is 5.32 Å². The van der Waals surface area contributed by atoms with E-state index in [2.05, 4.69) is 31.3 Å². The number of hydrogen-bond acceptors (Lipinski definition) is 1. The zero-order chi connectivity index (χ0) is 10.4. The van der Waals surface area contributed by atoms with Crippen molar-refractivity contribution in [2.75, 3.05) is 11.9 Å². The highest BCUT2D eigenvalue weighted by Gasteiger charge is 1.96. The summed E-state index contributed by atoms with van der Waals surface area (Å²) in [5.41, 5.74) is 2.34. The molecule has 0 amide bonds. The molecule has 0 spiro atoms. The zero-order valence-electron chi connectivity index (χ0n) is 8.89. The van der Waals surface area contributed by atoms with Crippen LogP contribution in [0, 0.1) is 5.92 Å². The van der Waals surface area contributed by atoms with Crippen molar-refractivity contribution < 1.29 is 0 Å². The minimum absolute atomic E-state index is 0.583. The van der Waals surface area contributed by atoms with E-state index >= 15 is 0 Å². The molecule has 1 aromatic carbocycles. The lowest BCUT2D eigenvalue weighted by molar-refractivity contribution is 0.607. The molecule has 1 N–H and O–H groups in total. The van der Waals surface area contributed by atoms with Crippen molar-refractivity contribution in [1.29, 1.82) is 0 Å². The van der Waals surface area contributed by atoms with Crippen molar-refractivity contribution in [2.24, 2.45) is 5.92 Å². The van der Waals surface area contributed by atoms with Crippen LogP contribution in [0.15, 0.2) is 24.3 Å². The van der Waals surface area contributed by atoms with E-state index in [9.17, 15) is 0 Å². The van der Waals surface area contributed by atoms with E-state index in [1.54, 1.807) is 0 Å². The molecule has 0 radical (unpaired) electrons. The minimum Gasteiger partial charge on any atom is -0.385 e. The molecule has 2 heteroatoms. The number of alkyl halides is 1. The van der Waals surface area contributed by atoms with Gasteiger partial charge >= 0.3 is 0 Å². The summed E-state index contributed by atoms with van der Waals surface area (Å²) in [6, 6.07) is 8.26. The van der Waals surface area contributed by atoms with Crippen LogP contribution in [0.5, 0.6) is 0 Å². The lowest BCUT2D eigenvalue weighted by Crippen LogP contribution is -2.04. The Morgan fingerprint density at radius 1 is 1.36 bits per heavy atom. The molecule has 0 aliphatic rings.